The summed E-state index contributed by atoms with van der Waals surface area (Å²) in [6, 6.07) is 15.3. The van der Waals surface area contributed by atoms with Crippen molar-refractivity contribution in [2.45, 2.75) is 19.8 Å². The van der Waals surface area contributed by atoms with E-state index in [4.69, 9.17) is 9.68 Å². The lowest BCUT2D eigenvalue weighted by Gasteiger charge is -2.07. The van der Waals surface area contributed by atoms with Gasteiger partial charge in [0.05, 0.1) is 11.4 Å². The third-order valence-corrected chi connectivity index (χ3v) is 4.09. The van der Waals surface area contributed by atoms with E-state index in [2.05, 4.69) is 25.3 Å². The van der Waals surface area contributed by atoms with Crippen LogP contribution in [0, 0.1) is 0 Å². The van der Waals surface area contributed by atoms with Crippen molar-refractivity contribution in [3.05, 3.63) is 89.8 Å². The number of pyridine rings is 3. The van der Waals surface area contributed by atoms with Crippen LogP contribution in [0.5, 0.6) is 0 Å². The van der Waals surface area contributed by atoms with Gasteiger partial charge in [-0.1, -0.05) is 22.4 Å². The third kappa shape index (κ3) is 5.93. The van der Waals surface area contributed by atoms with Gasteiger partial charge >= 0.3 is 0 Å². The fourth-order valence-corrected chi connectivity index (χ4v) is 2.69. The molecule has 3 rings (SSSR count). The van der Waals surface area contributed by atoms with E-state index in [1.807, 2.05) is 55.5 Å². The number of oxime groups is 2. The first-order valence-electron chi connectivity index (χ1n) is 9.33. The summed E-state index contributed by atoms with van der Waals surface area (Å²) >= 11 is 0. The highest BCUT2D eigenvalue weighted by Gasteiger charge is 2.09. The van der Waals surface area contributed by atoms with Crippen molar-refractivity contribution in [2.75, 3.05) is 13.7 Å². The molecule has 0 amide bonds. The first-order chi connectivity index (χ1) is 14.3. The standard InChI is InChI=1S/C22H23N5O2/c1-17(26-28-2)20-10-5-7-19(25-20)8-6-16-29-27-22(18-11-14-23-15-12-18)21-9-3-4-13-24-21/h3-5,7,9-15H,6,8,16H2,1-2H3/b26-17+,27-22+. The van der Waals surface area contributed by atoms with Crippen LogP contribution in [-0.2, 0) is 16.1 Å². The summed E-state index contributed by atoms with van der Waals surface area (Å²) in [5, 5.41) is 8.26. The Morgan fingerprint density at radius 1 is 0.931 bits per heavy atom. The van der Waals surface area contributed by atoms with E-state index in [1.165, 1.54) is 7.11 Å². The van der Waals surface area contributed by atoms with Crippen LogP contribution in [0.1, 0.15) is 36.0 Å². The van der Waals surface area contributed by atoms with Gasteiger partial charge in [-0.05, 0) is 56.2 Å². The van der Waals surface area contributed by atoms with Crippen molar-refractivity contribution < 1.29 is 9.68 Å². The second kappa shape index (κ2) is 10.7. The molecule has 7 heteroatoms. The number of hydrogen-bond donors (Lipinski definition) is 0. The van der Waals surface area contributed by atoms with Gasteiger partial charge in [0.15, 0.2) is 0 Å². The maximum absolute atomic E-state index is 5.60. The SMILES string of the molecule is CO/N=C(\C)c1cccc(CCCO/N=C(\c2ccncc2)c2ccccn2)n1. The lowest BCUT2D eigenvalue weighted by atomic mass is 10.1. The molecular formula is C22H23N5O2. The van der Waals surface area contributed by atoms with Gasteiger partial charge in [-0.25, -0.2) is 0 Å². The van der Waals surface area contributed by atoms with Gasteiger partial charge in [0, 0.05) is 29.8 Å². The van der Waals surface area contributed by atoms with Crippen molar-refractivity contribution in [3.8, 4) is 0 Å². The Hall–Kier alpha value is -3.61. The fourth-order valence-electron chi connectivity index (χ4n) is 2.69. The molecule has 29 heavy (non-hydrogen) atoms. The maximum atomic E-state index is 5.60. The Balaban J connectivity index is 1.61. The molecule has 3 aromatic rings. The second-order valence-corrected chi connectivity index (χ2v) is 6.20. The second-order valence-electron chi connectivity index (χ2n) is 6.20. The van der Waals surface area contributed by atoms with Gasteiger partial charge in [0.25, 0.3) is 0 Å². The topological polar surface area (TPSA) is 81.9 Å². The van der Waals surface area contributed by atoms with Crippen LogP contribution < -0.4 is 0 Å². The highest BCUT2D eigenvalue weighted by molar-refractivity contribution is 6.11. The Bertz CT molecular complexity index is 918. The summed E-state index contributed by atoms with van der Waals surface area (Å²) in [6.45, 7) is 2.34. The Kier molecular flexibility index (Phi) is 7.40. The number of hydrogen-bond acceptors (Lipinski definition) is 7. The fraction of sp³-hybridized carbons (Fsp3) is 0.227. The highest BCUT2D eigenvalue weighted by Crippen LogP contribution is 2.09. The molecule has 3 aromatic heterocycles. The molecule has 0 bridgehead atoms. The molecule has 0 aliphatic rings. The molecule has 3 heterocycles. The molecule has 0 fully saturated rings. The Morgan fingerprint density at radius 2 is 1.76 bits per heavy atom. The molecule has 0 saturated heterocycles. The molecule has 0 radical (unpaired) electrons. The van der Waals surface area contributed by atoms with Crippen molar-refractivity contribution in [1.82, 2.24) is 15.0 Å². The molecule has 0 N–H and O–H groups in total. The van der Waals surface area contributed by atoms with Gasteiger partial charge in [-0.2, -0.15) is 0 Å². The van der Waals surface area contributed by atoms with Crippen LogP contribution >= 0.6 is 0 Å². The van der Waals surface area contributed by atoms with Crippen molar-refractivity contribution in [1.29, 1.82) is 0 Å². The molecule has 0 unspecified atom stereocenters. The van der Waals surface area contributed by atoms with Crippen LogP contribution in [0.4, 0.5) is 0 Å². The Morgan fingerprint density at radius 3 is 2.52 bits per heavy atom. The van der Waals surface area contributed by atoms with Crippen molar-refractivity contribution in [2.24, 2.45) is 10.3 Å². The first kappa shape index (κ1) is 20.1. The summed E-state index contributed by atoms with van der Waals surface area (Å²) in [4.78, 5) is 23.4. The molecule has 0 spiro atoms. The molecule has 0 atom stereocenters. The molecule has 0 saturated carbocycles. The average molecular weight is 389 g/mol. The van der Waals surface area contributed by atoms with Crippen LogP contribution in [0.15, 0.2) is 77.4 Å². The number of nitrogens with zero attached hydrogens (tertiary/aromatic N) is 5. The van der Waals surface area contributed by atoms with E-state index < -0.39 is 0 Å². The zero-order chi connectivity index (χ0) is 20.3. The van der Waals surface area contributed by atoms with Gasteiger partial charge in [-0.3, -0.25) is 15.0 Å². The maximum Gasteiger partial charge on any atom is 0.135 e. The lowest BCUT2D eigenvalue weighted by Crippen LogP contribution is -2.07. The first-order valence-corrected chi connectivity index (χ1v) is 9.33. The molecule has 0 aliphatic heterocycles. The molecule has 7 nitrogen and oxygen atoms in total. The van der Waals surface area contributed by atoms with Gasteiger partial charge in [-0.15, -0.1) is 0 Å². The predicted octanol–water partition coefficient (Wildman–Crippen LogP) is 3.64. The number of aryl methyl sites for hydroxylation is 1. The van der Waals surface area contributed by atoms with Crippen LogP contribution in [0.3, 0.4) is 0 Å². The van der Waals surface area contributed by atoms with Crippen LogP contribution in [0.2, 0.25) is 0 Å². The minimum atomic E-state index is 0.471. The summed E-state index contributed by atoms with van der Waals surface area (Å²) < 4.78 is 0. The summed E-state index contributed by atoms with van der Waals surface area (Å²) in [6.07, 6.45) is 6.74. The van der Waals surface area contributed by atoms with Crippen molar-refractivity contribution >= 4 is 11.4 Å². The molecule has 0 aromatic carbocycles. The van der Waals surface area contributed by atoms with Gasteiger partial charge in [0.2, 0.25) is 0 Å². The normalized spacial score (nSPS) is 11.9. The predicted molar refractivity (Wildman–Crippen MR) is 112 cm³/mol. The zero-order valence-corrected chi connectivity index (χ0v) is 16.5. The summed E-state index contributed by atoms with van der Waals surface area (Å²) in [5.74, 6) is 0. The van der Waals surface area contributed by atoms with Crippen LogP contribution in [0.25, 0.3) is 0 Å². The molecule has 0 aliphatic carbocycles. The Labute approximate surface area is 170 Å². The van der Waals surface area contributed by atoms with Gasteiger partial charge in [0.1, 0.15) is 25.1 Å². The number of rotatable bonds is 9. The third-order valence-electron chi connectivity index (χ3n) is 4.09. The molecular weight excluding hydrogens is 366 g/mol. The summed E-state index contributed by atoms with van der Waals surface area (Å²) in [7, 11) is 1.52. The van der Waals surface area contributed by atoms with Crippen LogP contribution in [-0.4, -0.2) is 40.1 Å². The summed E-state index contributed by atoms with van der Waals surface area (Å²) in [5.41, 5.74) is 4.85. The van der Waals surface area contributed by atoms with E-state index in [0.29, 0.717) is 12.3 Å². The van der Waals surface area contributed by atoms with Crippen molar-refractivity contribution in [3.63, 3.8) is 0 Å². The quantitative estimate of drug-likeness (QED) is 0.317. The van der Waals surface area contributed by atoms with Gasteiger partial charge < -0.3 is 9.68 Å². The van der Waals surface area contributed by atoms with E-state index in [1.54, 1.807) is 18.6 Å². The lowest BCUT2D eigenvalue weighted by molar-refractivity contribution is 0.142. The van der Waals surface area contributed by atoms with E-state index >= 15 is 0 Å². The molecule has 148 valence electrons. The largest absolute Gasteiger partial charge is 0.399 e. The monoisotopic (exact) mass is 389 g/mol. The zero-order valence-electron chi connectivity index (χ0n) is 16.5. The minimum absolute atomic E-state index is 0.471. The number of aromatic nitrogens is 3. The van der Waals surface area contributed by atoms with E-state index in [9.17, 15) is 0 Å². The van der Waals surface area contributed by atoms with E-state index in [0.717, 1.165) is 41.2 Å². The smallest absolute Gasteiger partial charge is 0.135 e. The average Bonchev–Trinajstić information content (AvgIpc) is 2.78. The minimum Gasteiger partial charge on any atom is -0.399 e. The highest BCUT2D eigenvalue weighted by atomic mass is 16.6. The van der Waals surface area contributed by atoms with E-state index in [-0.39, 0.29) is 0 Å².